The normalized spacial score (nSPS) is 10.6. The molecule has 0 aliphatic heterocycles. The fourth-order valence-corrected chi connectivity index (χ4v) is 2.03. The van der Waals surface area contributed by atoms with Gasteiger partial charge in [-0.15, -0.1) is 0 Å². The summed E-state index contributed by atoms with van der Waals surface area (Å²) in [4.78, 5) is 0. The van der Waals surface area contributed by atoms with Crippen LogP contribution in [0.5, 0.6) is 0 Å². The molecular formula is C14H10BrN2+. The monoisotopic (exact) mass is 285 g/mol. The second-order valence-corrected chi connectivity index (χ2v) is 4.74. The van der Waals surface area contributed by atoms with Gasteiger partial charge in [-0.1, -0.05) is 38.8 Å². The first-order valence-corrected chi connectivity index (χ1v) is 6.15. The van der Waals surface area contributed by atoms with Gasteiger partial charge in [0.05, 0.1) is 5.39 Å². The molecule has 0 atom stereocenters. The van der Waals surface area contributed by atoms with Crippen LogP contribution >= 0.6 is 15.9 Å². The minimum absolute atomic E-state index is 1.05. The van der Waals surface area contributed by atoms with Gasteiger partial charge in [0.1, 0.15) is 6.20 Å². The quantitative estimate of drug-likeness (QED) is 0.627. The third-order valence-corrected chi connectivity index (χ3v) is 3.20. The Hall–Kier alpha value is -1.74. The Balaban J connectivity index is 2.14. The van der Waals surface area contributed by atoms with E-state index >= 15 is 0 Å². The fraction of sp³-hybridized carbons (Fsp3) is 0. The van der Waals surface area contributed by atoms with E-state index in [1.54, 1.807) is 0 Å². The molecule has 1 aromatic heterocycles. The van der Waals surface area contributed by atoms with Crippen LogP contribution in [0.15, 0.2) is 65.4 Å². The van der Waals surface area contributed by atoms with Crippen LogP contribution in [-0.4, -0.2) is 5.10 Å². The summed E-state index contributed by atoms with van der Waals surface area (Å²) in [7, 11) is 0. The number of rotatable bonds is 1. The molecule has 0 N–H and O–H groups in total. The van der Waals surface area contributed by atoms with E-state index in [4.69, 9.17) is 0 Å². The summed E-state index contributed by atoms with van der Waals surface area (Å²) in [5, 5.41) is 6.75. The fourth-order valence-electron chi connectivity index (χ4n) is 1.77. The number of benzene rings is 2. The molecule has 0 radical (unpaired) electrons. The van der Waals surface area contributed by atoms with Crippen LogP contribution in [0.4, 0.5) is 0 Å². The summed E-state index contributed by atoms with van der Waals surface area (Å²) in [6, 6.07) is 16.3. The molecule has 2 nitrogen and oxygen atoms in total. The zero-order chi connectivity index (χ0) is 11.7. The molecule has 2 aromatic carbocycles. The van der Waals surface area contributed by atoms with Gasteiger partial charge >= 0.3 is 0 Å². The number of fused-ring (bicyclic) bond motifs is 1. The van der Waals surface area contributed by atoms with Crippen molar-refractivity contribution in [1.82, 2.24) is 5.10 Å². The van der Waals surface area contributed by atoms with Gasteiger partial charge < -0.3 is 0 Å². The van der Waals surface area contributed by atoms with Crippen molar-refractivity contribution < 1.29 is 4.68 Å². The molecule has 1 heterocycles. The SMILES string of the molecule is Brc1ccc(-[n+]2cc3ccccc3cn2)cc1. The molecule has 0 saturated heterocycles. The van der Waals surface area contributed by atoms with Crippen molar-refractivity contribution in [3.8, 4) is 5.69 Å². The van der Waals surface area contributed by atoms with E-state index in [2.05, 4.69) is 33.2 Å². The number of aromatic nitrogens is 2. The van der Waals surface area contributed by atoms with E-state index < -0.39 is 0 Å². The molecule has 0 bridgehead atoms. The standard InChI is InChI=1S/C14H10BrN2/c15-13-5-7-14(8-6-13)17-10-12-4-2-1-3-11(12)9-16-17/h1-10H/q+1. The Labute approximate surface area is 108 Å². The highest BCUT2D eigenvalue weighted by molar-refractivity contribution is 9.10. The molecule has 0 aliphatic rings. The summed E-state index contributed by atoms with van der Waals surface area (Å²) < 4.78 is 2.96. The van der Waals surface area contributed by atoms with E-state index in [1.807, 2.05) is 53.5 Å². The molecule has 3 rings (SSSR count). The molecule has 0 spiro atoms. The van der Waals surface area contributed by atoms with E-state index in [-0.39, 0.29) is 0 Å². The highest BCUT2D eigenvalue weighted by atomic mass is 79.9. The average Bonchev–Trinajstić information content (AvgIpc) is 2.39. The van der Waals surface area contributed by atoms with Crippen molar-refractivity contribution in [2.75, 3.05) is 0 Å². The maximum absolute atomic E-state index is 4.41. The second-order valence-electron chi connectivity index (χ2n) is 3.82. The molecule has 0 aliphatic carbocycles. The zero-order valence-electron chi connectivity index (χ0n) is 9.05. The molecule has 3 aromatic rings. The molecule has 17 heavy (non-hydrogen) atoms. The Morgan fingerprint density at radius 2 is 1.59 bits per heavy atom. The van der Waals surface area contributed by atoms with Gasteiger partial charge in [-0.2, -0.15) is 0 Å². The molecule has 0 saturated carbocycles. The zero-order valence-corrected chi connectivity index (χ0v) is 10.6. The third-order valence-electron chi connectivity index (χ3n) is 2.67. The van der Waals surface area contributed by atoms with Gasteiger partial charge in [0.15, 0.2) is 0 Å². The van der Waals surface area contributed by atoms with Crippen LogP contribution in [0.2, 0.25) is 0 Å². The van der Waals surface area contributed by atoms with Crippen molar-refractivity contribution >= 4 is 26.7 Å². The maximum atomic E-state index is 4.41. The van der Waals surface area contributed by atoms with Gasteiger partial charge in [-0.3, -0.25) is 0 Å². The lowest BCUT2D eigenvalue weighted by Gasteiger charge is -1.96. The first-order valence-electron chi connectivity index (χ1n) is 5.36. The number of hydrogen-bond acceptors (Lipinski definition) is 1. The molecular weight excluding hydrogens is 276 g/mol. The van der Waals surface area contributed by atoms with Gasteiger partial charge in [-0.05, 0) is 23.3 Å². The molecule has 0 fully saturated rings. The summed E-state index contributed by atoms with van der Waals surface area (Å²) in [6.45, 7) is 0. The van der Waals surface area contributed by atoms with Crippen LogP contribution < -0.4 is 4.68 Å². The van der Waals surface area contributed by atoms with E-state index in [9.17, 15) is 0 Å². The van der Waals surface area contributed by atoms with Gasteiger partial charge in [0.2, 0.25) is 11.9 Å². The van der Waals surface area contributed by atoms with Gasteiger partial charge in [-0.25, -0.2) is 0 Å². The Morgan fingerprint density at radius 3 is 2.35 bits per heavy atom. The van der Waals surface area contributed by atoms with E-state index in [0.717, 1.165) is 15.5 Å². The average molecular weight is 286 g/mol. The van der Waals surface area contributed by atoms with Crippen LogP contribution in [0.3, 0.4) is 0 Å². The first kappa shape index (κ1) is 10.4. The molecule has 0 amide bonds. The highest BCUT2D eigenvalue weighted by Gasteiger charge is 2.08. The second kappa shape index (κ2) is 4.26. The lowest BCUT2D eigenvalue weighted by molar-refractivity contribution is -0.658. The minimum Gasteiger partial charge on any atom is -0.0616 e. The highest BCUT2D eigenvalue weighted by Crippen LogP contribution is 2.12. The lowest BCUT2D eigenvalue weighted by atomic mass is 10.2. The van der Waals surface area contributed by atoms with Crippen molar-refractivity contribution in [1.29, 1.82) is 0 Å². The van der Waals surface area contributed by atoms with Gasteiger partial charge in [0, 0.05) is 22.0 Å². The van der Waals surface area contributed by atoms with Crippen LogP contribution in [-0.2, 0) is 0 Å². The summed E-state index contributed by atoms with van der Waals surface area (Å²) in [5.41, 5.74) is 1.05. The van der Waals surface area contributed by atoms with Crippen molar-refractivity contribution in [3.63, 3.8) is 0 Å². The van der Waals surface area contributed by atoms with Crippen molar-refractivity contribution in [3.05, 3.63) is 65.4 Å². The van der Waals surface area contributed by atoms with Crippen molar-refractivity contribution in [2.24, 2.45) is 0 Å². The van der Waals surface area contributed by atoms with Crippen LogP contribution in [0, 0.1) is 0 Å². The smallest absolute Gasteiger partial charge is 0.0616 e. The first-order chi connectivity index (χ1) is 8.33. The Kier molecular flexibility index (Phi) is 2.61. The van der Waals surface area contributed by atoms with E-state index in [1.165, 1.54) is 5.39 Å². The van der Waals surface area contributed by atoms with E-state index in [0.29, 0.717) is 0 Å². The summed E-state index contributed by atoms with van der Waals surface area (Å²) in [6.07, 6.45) is 3.93. The van der Waals surface area contributed by atoms with Crippen LogP contribution in [0.1, 0.15) is 0 Å². The molecule has 0 unspecified atom stereocenters. The van der Waals surface area contributed by atoms with Crippen molar-refractivity contribution in [2.45, 2.75) is 0 Å². The largest absolute Gasteiger partial charge is 0.238 e. The number of halogens is 1. The maximum Gasteiger partial charge on any atom is 0.238 e. The topological polar surface area (TPSA) is 16.8 Å². The number of nitrogens with zero attached hydrogens (tertiary/aromatic N) is 2. The summed E-state index contributed by atoms with van der Waals surface area (Å²) >= 11 is 3.43. The molecule has 3 heteroatoms. The van der Waals surface area contributed by atoms with Crippen LogP contribution in [0.25, 0.3) is 16.5 Å². The lowest BCUT2D eigenvalue weighted by Crippen LogP contribution is -2.34. The van der Waals surface area contributed by atoms with Gasteiger partial charge in [0.25, 0.3) is 0 Å². The Bertz CT molecular complexity index is 662. The predicted octanol–water partition coefficient (Wildman–Crippen LogP) is 3.27. The number of hydrogen-bond donors (Lipinski definition) is 0. The summed E-state index contributed by atoms with van der Waals surface area (Å²) in [5.74, 6) is 0. The predicted molar refractivity (Wildman–Crippen MR) is 71.0 cm³/mol. The Morgan fingerprint density at radius 1 is 0.882 bits per heavy atom. The minimum atomic E-state index is 1.05. The third kappa shape index (κ3) is 2.06. The molecule has 82 valence electrons.